The van der Waals surface area contributed by atoms with E-state index in [0.29, 0.717) is 16.7 Å². The van der Waals surface area contributed by atoms with E-state index in [1.165, 1.54) is 11.4 Å². The van der Waals surface area contributed by atoms with E-state index in [4.69, 9.17) is 0 Å². The molecule has 2 aromatic carbocycles. The predicted molar refractivity (Wildman–Crippen MR) is 87.1 cm³/mol. The molecule has 1 aromatic heterocycles. The largest absolute Gasteiger partial charge is 0.269 e. The van der Waals surface area contributed by atoms with Gasteiger partial charge in [0.1, 0.15) is 15.9 Å². The number of hydrogen-bond donors (Lipinski definition) is 0. The van der Waals surface area contributed by atoms with E-state index in [1.807, 2.05) is 0 Å². The molecular weight excluding hydrogens is 374 g/mol. The van der Waals surface area contributed by atoms with Crippen molar-refractivity contribution in [1.82, 2.24) is 8.75 Å². The molecule has 0 bridgehead atoms. The number of benzene rings is 2. The third kappa shape index (κ3) is 2.54. The van der Waals surface area contributed by atoms with Crippen LogP contribution in [0.5, 0.6) is 0 Å². The second kappa shape index (κ2) is 5.36. The minimum Gasteiger partial charge on any atom is -0.269 e. The van der Waals surface area contributed by atoms with Crippen LogP contribution in [0.2, 0.25) is 0 Å². The minimum atomic E-state index is -3.68. The first-order valence-corrected chi connectivity index (χ1v) is 8.92. The molecule has 0 aliphatic rings. The molecule has 5 nitrogen and oxygen atoms in total. The fourth-order valence-corrected chi connectivity index (χ4v) is 4.14. The van der Waals surface area contributed by atoms with Crippen LogP contribution in [0, 0.1) is 0 Å². The van der Waals surface area contributed by atoms with Crippen molar-refractivity contribution in [2.75, 3.05) is 11.4 Å². The highest BCUT2D eigenvalue weighted by molar-refractivity contribution is 9.10. The molecule has 0 aliphatic carbocycles. The van der Waals surface area contributed by atoms with Crippen molar-refractivity contribution in [3.05, 3.63) is 46.9 Å². The third-order valence-electron chi connectivity index (χ3n) is 3.08. The summed E-state index contributed by atoms with van der Waals surface area (Å²) in [5, 5.41) is 0. The summed E-state index contributed by atoms with van der Waals surface area (Å²) < 4.78 is 35.9. The van der Waals surface area contributed by atoms with Crippen molar-refractivity contribution in [3.8, 4) is 0 Å². The number of rotatable bonds is 3. The molecule has 0 N–H and O–H groups in total. The first kappa shape index (κ1) is 14.4. The van der Waals surface area contributed by atoms with Gasteiger partial charge >= 0.3 is 0 Å². The highest BCUT2D eigenvalue weighted by Gasteiger charge is 2.25. The lowest BCUT2D eigenvalue weighted by atomic mass is 10.3. The van der Waals surface area contributed by atoms with Gasteiger partial charge in [-0.3, -0.25) is 4.31 Å². The average Bonchev–Trinajstić information content (AvgIpc) is 2.95. The molecule has 108 valence electrons. The van der Waals surface area contributed by atoms with E-state index in [1.54, 1.807) is 42.5 Å². The molecule has 21 heavy (non-hydrogen) atoms. The van der Waals surface area contributed by atoms with Gasteiger partial charge in [-0.05, 0) is 36.4 Å². The van der Waals surface area contributed by atoms with Crippen molar-refractivity contribution in [2.45, 2.75) is 4.90 Å². The van der Waals surface area contributed by atoms with Crippen LogP contribution in [-0.2, 0) is 10.0 Å². The Morgan fingerprint density at radius 1 is 1.10 bits per heavy atom. The monoisotopic (exact) mass is 383 g/mol. The maximum Gasteiger partial charge on any atom is 0.266 e. The number of sulfonamides is 1. The van der Waals surface area contributed by atoms with Crippen LogP contribution in [0.15, 0.2) is 51.8 Å². The van der Waals surface area contributed by atoms with Gasteiger partial charge in [0.15, 0.2) is 0 Å². The Balaban J connectivity index is 2.11. The molecule has 0 aliphatic heterocycles. The quantitative estimate of drug-likeness (QED) is 0.695. The van der Waals surface area contributed by atoms with Gasteiger partial charge in [0.2, 0.25) is 0 Å². The molecule has 0 saturated carbocycles. The fourth-order valence-electron chi connectivity index (χ4n) is 1.93. The maximum atomic E-state index is 12.8. The molecule has 3 aromatic rings. The van der Waals surface area contributed by atoms with Gasteiger partial charge in [-0.2, -0.15) is 8.75 Å². The minimum absolute atomic E-state index is 0.166. The summed E-state index contributed by atoms with van der Waals surface area (Å²) in [4.78, 5) is 0.166. The molecule has 3 rings (SSSR count). The number of halogens is 1. The summed E-state index contributed by atoms with van der Waals surface area (Å²) in [6.45, 7) is 0. The number of hydrogen-bond acceptors (Lipinski definition) is 5. The summed E-state index contributed by atoms with van der Waals surface area (Å²) in [6.07, 6.45) is 0. The molecule has 0 unspecified atom stereocenters. The smallest absolute Gasteiger partial charge is 0.266 e. The molecule has 0 radical (unpaired) electrons. The SMILES string of the molecule is CN(c1ccc(Br)cc1)S(=O)(=O)c1cccc2nsnc12. The molecule has 0 atom stereocenters. The van der Waals surface area contributed by atoms with E-state index in [2.05, 4.69) is 24.7 Å². The van der Waals surface area contributed by atoms with Gasteiger partial charge in [-0.25, -0.2) is 8.42 Å². The van der Waals surface area contributed by atoms with Gasteiger partial charge in [-0.1, -0.05) is 22.0 Å². The first-order valence-electron chi connectivity index (χ1n) is 5.96. The predicted octanol–water partition coefficient (Wildman–Crippen LogP) is 3.28. The zero-order valence-electron chi connectivity index (χ0n) is 10.9. The summed E-state index contributed by atoms with van der Waals surface area (Å²) in [5.41, 5.74) is 1.58. The number of aromatic nitrogens is 2. The van der Waals surface area contributed by atoms with E-state index < -0.39 is 10.0 Å². The molecule has 0 saturated heterocycles. The van der Waals surface area contributed by atoms with Crippen molar-refractivity contribution in [2.24, 2.45) is 0 Å². The third-order valence-corrected chi connectivity index (χ3v) is 5.97. The number of nitrogens with zero attached hydrogens (tertiary/aromatic N) is 3. The van der Waals surface area contributed by atoms with Crippen molar-refractivity contribution in [3.63, 3.8) is 0 Å². The van der Waals surface area contributed by atoms with Gasteiger partial charge in [-0.15, -0.1) is 0 Å². The Morgan fingerprint density at radius 3 is 2.52 bits per heavy atom. The average molecular weight is 384 g/mol. The maximum absolute atomic E-state index is 12.8. The molecular formula is C13H10BrN3O2S2. The highest BCUT2D eigenvalue weighted by Crippen LogP contribution is 2.27. The molecule has 8 heteroatoms. The lowest BCUT2D eigenvalue weighted by Gasteiger charge is -2.19. The zero-order chi connectivity index (χ0) is 15.0. The number of fused-ring (bicyclic) bond motifs is 1. The van der Waals surface area contributed by atoms with Crippen molar-refractivity contribution < 1.29 is 8.42 Å². The van der Waals surface area contributed by atoms with Gasteiger partial charge in [0.25, 0.3) is 10.0 Å². The Bertz CT molecular complexity index is 891. The second-order valence-corrected chi connectivity index (χ2v) is 7.72. The lowest BCUT2D eigenvalue weighted by molar-refractivity contribution is 0.595. The topological polar surface area (TPSA) is 63.2 Å². The van der Waals surface area contributed by atoms with Gasteiger partial charge in [0, 0.05) is 11.5 Å². The van der Waals surface area contributed by atoms with E-state index in [-0.39, 0.29) is 4.90 Å². The van der Waals surface area contributed by atoms with Crippen LogP contribution in [0.25, 0.3) is 11.0 Å². The second-order valence-electron chi connectivity index (χ2n) is 4.34. The van der Waals surface area contributed by atoms with Crippen molar-refractivity contribution >= 4 is 54.4 Å². The Morgan fingerprint density at radius 2 is 1.81 bits per heavy atom. The lowest BCUT2D eigenvalue weighted by Crippen LogP contribution is -2.26. The summed E-state index contributed by atoms with van der Waals surface area (Å²) in [7, 11) is -2.15. The first-order chi connectivity index (χ1) is 10.00. The molecule has 1 heterocycles. The fraction of sp³-hybridized carbons (Fsp3) is 0.0769. The van der Waals surface area contributed by atoms with E-state index in [9.17, 15) is 8.42 Å². The Labute approximate surface area is 134 Å². The molecule has 0 spiro atoms. The van der Waals surface area contributed by atoms with Crippen LogP contribution in [0.1, 0.15) is 0 Å². The highest BCUT2D eigenvalue weighted by atomic mass is 79.9. The Kier molecular flexibility index (Phi) is 3.68. The molecule has 0 fully saturated rings. The summed E-state index contributed by atoms with van der Waals surface area (Å²) >= 11 is 4.34. The zero-order valence-corrected chi connectivity index (χ0v) is 14.1. The van der Waals surface area contributed by atoms with Crippen LogP contribution < -0.4 is 4.31 Å². The van der Waals surface area contributed by atoms with Crippen LogP contribution in [0.3, 0.4) is 0 Å². The van der Waals surface area contributed by atoms with Crippen LogP contribution >= 0.6 is 27.7 Å². The standard InChI is InChI=1S/C13H10BrN3O2S2/c1-17(10-7-5-9(14)6-8-10)21(18,19)12-4-2-3-11-13(12)16-20-15-11/h2-8H,1H3. The van der Waals surface area contributed by atoms with Crippen LogP contribution in [0.4, 0.5) is 5.69 Å². The van der Waals surface area contributed by atoms with Crippen molar-refractivity contribution in [1.29, 1.82) is 0 Å². The summed E-state index contributed by atoms with van der Waals surface area (Å²) in [5.74, 6) is 0. The van der Waals surface area contributed by atoms with E-state index in [0.717, 1.165) is 16.2 Å². The van der Waals surface area contributed by atoms with E-state index >= 15 is 0 Å². The van der Waals surface area contributed by atoms with Gasteiger partial charge < -0.3 is 0 Å². The van der Waals surface area contributed by atoms with Crippen LogP contribution in [-0.4, -0.2) is 24.2 Å². The normalized spacial score (nSPS) is 11.7. The Hall–Kier alpha value is -1.51. The molecule has 0 amide bonds. The number of anilines is 1. The summed E-state index contributed by atoms with van der Waals surface area (Å²) in [6, 6.07) is 12.0. The van der Waals surface area contributed by atoms with Gasteiger partial charge in [0.05, 0.1) is 17.4 Å².